The number of rotatable bonds is 6. The second-order valence-corrected chi connectivity index (χ2v) is 9.65. The van der Waals surface area contributed by atoms with E-state index in [4.69, 9.17) is 27.2 Å². The topological polar surface area (TPSA) is 121 Å². The van der Waals surface area contributed by atoms with Crippen LogP contribution in [-0.2, 0) is 11.3 Å². The molecule has 0 spiro atoms. The van der Waals surface area contributed by atoms with Crippen LogP contribution in [0.25, 0.3) is 11.1 Å². The molecule has 37 heavy (non-hydrogen) atoms. The van der Waals surface area contributed by atoms with Gasteiger partial charge < -0.3 is 9.30 Å². The maximum Gasteiger partial charge on any atom is 0.263 e. The first-order chi connectivity index (χ1) is 17.6. The van der Waals surface area contributed by atoms with Crippen molar-refractivity contribution in [2.45, 2.75) is 32.7 Å². The van der Waals surface area contributed by atoms with Gasteiger partial charge in [0.2, 0.25) is 5.90 Å². The van der Waals surface area contributed by atoms with E-state index in [1.807, 2.05) is 0 Å². The quantitative estimate of drug-likeness (QED) is 0.214. The summed E-state index contributed by atoms with van der Waals surface area (Å²) >= 11 is 7.49. The molecule has 2 aromatic heterocycles. The van der Waals surface area contributed by atoms with Gasteiger partial charge >= 0.3 is 0 Å². The molecule has 12 heteroatoms. The average Bonchev–Trinajstić information content (AvgIpc) is 3.56. The van der Waals surface area contributed by atoms with Crippen molar-refractivity contribution in [1.82, 2.24) is 9.55 Å². The zero-order valence-electron chi connectivity index (χ0n) is 19.4. The van der Waals surface area contributed by atoms with Crippen molar-refractivity contribution in [3.8, 4) is 23.0 Å². The van der Waals surface area contributed by atoms with Crippen LogP contribution in [0.3, 0.4) is 0 Å². The normalized spacial score (nSPS) is 12.6. The van der Waals surface area contributed by atoms with Gasteiger partial charge in [-0.3, -0.25) is 25.7 Å². The number of anilines is 1. The van der Waals surface area contributed by atoms with Crippen LogP contribution < -0.4 is 10.9 Å². The number of hydrogen-bond donors (Lipinski definition) is 3. The molecule has 1 saturated carbocycles. The first-order valence-corrected chi connectivity index (χ1v) is 12.2. The summed E-state index contributed by atoms with van der Waals surface area (Å²) < 4.78 is 32.9. The SMILES string of the molecule is CC(=N)OC(=N)Cn1cc(-c2cc(C(F)F)ccc2Cl)c(C(=O)Nc2ncc(C#CC3CC3)s2)cc1=O. The number of carbonyl (C=O) groups is 1. The molecular formula is C25H20ClF2N5O3S. The molecule has 0 radical (unpaired) electrons. The number of halogens is 3. The maximum absolute atomic E-state index is 13.4. The molecule has 1 amide bonds. The molecule has 0 saturated heterocycles. The van der Waals surface area contributed by atoms with Gasteiger partial charge in [-0.1, -0.05) is 40.8 Å². The van der Waals surface area contributed by atoms with Gasteiger partial charge in [0.1, 0.15) is 6.54 Å². The van der Waals surface area contributed by atoms with E-state index in [1.165, 1.54) is 42.8 Å². The van der Waals surface area contributed by atoms with Gasteiger partial charge in [-0.25, -0.2) is 13.8 Å². The Morgan fingerprint density at radius 1 is 1.32 bits per heavy atom. The first kappa shape index (κ1) is 26.2. The smallest absolute Gasteiger partial charge is 0.263 e. The summed E-state index contributed by atoms with van der Waals surface area (Å²) in [6, 6.07) is 4.63. The van der Waals surface area contributed by atoms with Crippen LogP contribution in [0.5, 0.6) is 0 Å². The van der Waals surface area contributed by atoms with E-state index >= 15 is 0 Å². The molecule has 0 atom stereocenters. The van der Waals surface area contributed by atoms with Gasteiger partial charge in [0.05, 0.1) is 16.6 Å². The summed E-state index contributed by atoms with van der Waals surface area (Å²) in [5.74, 6) is 5.19. The molecule has 0 bridgehead atoms. The van der Waals surface area contributed by atoms with E-state index in [9.17, 15) is 18.4 Å². The first-order valence-electron chi connectivity index (χ1n) is 11.0. The number of ether oxygens (including phenoxy) is 1. The number of amides is 1. The van der Waals surface area contributed by atoms with E-state index in [0.29, 0.717) is 10.8 Å². The number of thiazole rings is 1. The van der Waals surface area contributed by atoms with Crippen molar-refractivity contribution in [3.63, 3.8) is 0 Å². The number of pyridine rings is 1. The summed E-state index contributed by atoms with van der Waals surface area (Å²) in [5.41, 5.74) is -0.900. The Kier molecular flexibility index (Phi) is 7.80. The van der Waals surface area contributed by atoms with Crippen molar-refractivity contribution in [3.05, 3.63) is 68.0 Å². The number of alkyl halides is 2. The lowest BCUT2D eigenvalue weighted by Crippen LogP contribution is -2.27. The van der Waals surface area contributed by atoms with Crippen LogP contribution in [0.15, 0.2) is 41.5 Å². The molecule has 2 heterocycles. The highest BCUT2D eigenvalue weighted by Crippen LogP contribution is 2.34. The van der Waals surface area contributed by atoms with Gasteiger partial charge in [-0.2, -0.15) is 0 Å². The Bertz CT molecular complexity index is 1520. The molecule has 1 fully saturated rings. The third kappa shape index (κ3) is 6.67. The van der Waals surface area contributed by atoms with E-state index in [-0.39, 0.29) is 44.9 Å². The molecule has 4 rings (SSSR count). The minimum Gasteiger partial charge on any atom is -0.428 e. The van der Waals surface area contributed by atoms with Crippen molar-refractivity contribution in [2.24, 2.45) is 5.92 Å². The molecule has 3 aromatic rings. The van der Waals surface area contributed by atoms with Gasteiger partial charge in [0.15, 0.2) is 11.0 Å². The van der Waals surface area contributed by atoms with Crippen molar-refractivity contribution in [2.75, 3.05) is 5.32 Å². The molecule has 1 aromatic carbocycles. The van der Waals surface area contributed by atoms with Gasteiger partial charge in [0.25, 0.3) is 17.9 Å². The molecule has 8 nitrogen and oxygen atoms in total. The van der Waals surface area contributed by atoms with Crippen LogP contribution in [0.4, 0.5) is 13.9 Å². The highest BCUT2D eigenvalue weighted by Gasteiger charge is 2.21. The zero-order valence-corrected chi connectivity index (χ0v) is 21.0. The standard InChI is InChI=1S/C25H20ClF2N5O3S/c1-13(29)36-21(30)12-33-11-19(17-8-15(23(27)28)5-7-20(17)26)18(9-22(33)34)24(35)32-25-31-10-16(37-25)6-4-14-2-3-14/h5,7-11,14,23,29-30H,2-3,12H2,1H3,(H,31,32,35). The van der Waals surface area contributed by atoms with E-state index < -0.39 is 23.8 Å². The Hall–Kier alpha value is -3.88. The van der Waals surface area contributed by atoms with Gasteiger partial charge in [-0.15, -0.1) is 0 Å². The van der Waals surface area contributed by atoms with Crippen molar-refractivity contribution in [1.29, 1.82) is 10.8 Å². The minimum absolute atomic E-state index is 0.0807. The van der Waals surface area contributed by atoms with Crippen LogP contribution in [-0.4, -0.2) is 27.3 Å². The summed E-state index contributed by atoms with van der Waals surface area (Å²) in [6.07, 6.45) is 2.15. The van der Waals surface area contributed by atoms with Gasteiger partial charge in [-0.05, 0) is 25.0 Å². The molecule has 0 aliphatic heterocycles. The largest absolute Gasteiger partial charge is 0.428 e. The fraction of sp³-hybridized carbons (Fsp3) is 0.240. The number of nitrogens with one attached hydrogen (secondary N) is 3. The second kappa shape index (κ2) is 11.0. The summed E-state index contributed by atoms with van der Waals surface area (Å²) in [4.78, 5) is 30.9. The third-order valence-corrected chi connectivity index (χ3v) is 6.35. The number of aromatic nitrogens is 2. The predicted octanol–water partition coefficient (Wildman–Crippen LogP) is 5.57. The van der Waals surface area contributed by atoms with E-state index in [2.05, 4.69) is 22.1 Å². The molecule has 1 aliphatic carbocycles. The number of hydrogen-bond acceptors (Lipinski definition) is 7. The molecular weight excluding hydrogens is 524 g/mol. The number of benzene rings is 1. The Morgan fingerprint density at radius 3 is 2.76 bits per heavy atom. The third-order valence-electron chi connectivity index (χ3n) is 5.20. The Balaban J connectivity index is 1.73. The molecule has 3 N–H and O–H groups in total. The van der Waals surface area contributed by atoms with E-state index in [0.717, 1.165) is 29.5 Å². The fourth-order valence-electron chi connectivity index (χ4n) is 3.31. The van der Waals surface area contributed by atoms with E-state index in [1.54, 1.807) is 0 Å². The molecule has 0 unspecified atom stereocenters. The number of carbonyl (C=O) groups excluding carboxylic acids is 1. The monoisotopic (exact) mass is 543 g/mol. The maximum atomic E-state index is 13.4. The summed E-state index contributed by atoms with van der Waals surface area (Å²) in [7, 11) is 0. The lowest BCUT2D eigenvalue weighted by atomic mass is 9.99. The van der Waals surface area contributed by atoms with Crippen LogP contribution in [0.2, 0.25) is 5.02 Å². The average molecular weight is 544 g/mol. The lowest BCUT2D eigenvalue weighted by molar-refractivity contribution is 0.102. The lowest BCUT2D eigenvalue weighted by Gasteiger charge is -2.15. The summed E-state index contributed by atoms with van der Waals surface area (Å²) in [6.45, 7) is 0.971. The predicted molar refractivity (Wildman–Crippen MR) is 138 cm³/mol. The second-order valence-electron chi connectivity index (χ2n) is 8.22. The number of nitrogens with zero attached hydrogens (tertiary/aromatic N) is 2. The zero-order chi connectivity index (χ0) is 26.7. The van der Waals surface area contributed by atoms with Gasteiger partial charge in [0, 0.05) is 46.8 Å². The minimum atomic E-state index is -2.79. The fourth-order valence-corrected chi connectivity index (χ4v) is 4.20. The summed E-state index contributed by atoms with van der Waals surface area (Å²) in [5, 5.41) is 18.2. The molecule has 190 valence electrons. The highest BCUT2D eigenvalue weighted by atomic mass is 35.5. The molecule has 1 aliphatic rings. The van der Waals surface area contributed by atoms with Crippen LogP contribution in [0, 0.1) is 28.6 Å². The Morgan fingerprint density at radius 2 is 2.08 bits per heavy atom. The highest BCUT2D eigenvalue weighted by molar-refractivity contribution is 7.16. The van der Waals surface area contributed by atoms with Crippen molar-refractivity contribution >= 4 is 45.8 Å². The Labute approximate surface area is 219 Å². The van der Waals surface area contributed by atoms with Crippen LogP contribution >= 0.6 is 22.9 Å². The van der Waals surface area contributed by atoms with Crippen LogP contribution in [0.1, 0.15) is 47.0 Å². The van der Waals surface area contributed by atoms with Crippen molar-refractivity contribution < 1.29 is 18.3 Å².